The van der Waals surface area contributed by atoms with Crippen molar-refractivity contribution in [1.82, 2.24) is 9.13 Å². The van der Waals surface area contributed by atoms with Crippen molar-refractivity contribution in [3.05, 3.63) is 496 Å². The van der Waals surface area contributed by atoms with E-state index in [0.29, 0.717) is 0 Å². The number of fused-ring (bicyclic) bond motifs is 18. The van der Waals surface area contributed by atoms with E-state index in [1.54, 1.807) is 0 Å². The van der Waals surface area contributed by atoms with Gasteiger partial charge in [0.05, 0.1) is 44.3 Å². The van der Waals surface area contributed by atoms with Gasteiger partial charge in [-0.15, -0.1) is 0 Å². The average Bonchev–Trinajstić information content (AvgIpc) is 1.55. The lowest BCUT2D eigenvalue weighted by Gasteiger charge is -2.47. The number of nitrogens with zero attached hydrogens (tertiary/aromatic N) is 4. The first-order chi connectivity index (χ1) is 71.4. The number of hydrogen-bond acceptors (Lipinski definition) is 2. The molecule has 730 valence electrons. The van der Waals surface area contributed by atoms with Crippen LogP contribution in [0.2, 0.25) is 0 Å². The second-order valence-corrected chi connectivity index (χ2v) is 49.9. The molecule has 0 saturated carbocycles. The predicted octanol–water partition coefficient (Wildman–Crippen LogP) is 36.4. The molecule has 2 aromatic heterocycles. The smallest absolute Gasteiger partial charge is 0.252 e. The average molecular weight is 1930 g/mol. The van der Waals surface area contributed by atoms with Gasteiger partial charge in [-0.3, -0.25) is 0 Å². The molecule has 19 aromatic carbocycles. The van der Waals surface area contributed by atoms with Crippen LogP contribution >= 0.6 is 0 Å². The number of rotatable bonds is 12. The molecule has 21 aromatic rings. The van der Waals surface area contributed by atoms with Gasteiger partial charge < -0.3 is 18.9 Å². The molecule has 0 fully saturated rings. The largest absolute Gasteiger partial charge is 0.310 e. The third kappa shape index (κ3) is 14.8. The monoisotopic (exact) mass is 1930 g/mol. The summed E-state index contributed by atoms with van der Waals surface area (Å²) in [6.07, 6.45) is 0. The van der Waals surface area contributed by atoms with Crippen molar-refractivity contribution in [2.45, 2.75) is 194 Å². The zero-order valence-corrected chi connectivity index (χ0v) is 90.1. The van der Waals surface area contributed by atoms with Gasteiger partial charge >= 0.3 is 0 Å². The van der Waals surface area contributed by atoms with Gasteiger partial charge in [-0.05, 0) is 267 Å². The van der Waals surface area contributed by atoms with Gasteiger partial charge in [0.2, 0.25) is 0 Å². The van der Waals surface area contributed by atoms with E-state index in [4.69, 9.17) is 0 Å². The zero-order chi connectivity index (χ0) is 103. The Morgan fingerprint density at radius 2 is 0.470 bits per heavy atom. The molecule has 5 heteroatoms. The maximum Gasteiger partial charge on any atom is 0.252 e. The molecule has 0 saturated heterocycles. The minimum absolute atomic E-state index is 0.115. The summed E-state index contributed by atoms with van der Waals surface area (Å²) in [4.78, 5) is 5.65. The van der Waals surface area contributed by atoms with Crippen LogP contribution in [0, 0.1) is 0 Å². The summed E-state index contributed by atoms with van der Waals surface area (Å²) in [5.41, 5.74) is 47.4. The number of anilines is 6. The topological polar surface area (TPSA) is 16.3 Å². The quantitative estimate of drug-likeness (QED) is 0.113. The lowest BCUT2D eigenvalue weighted by molar-refractivity contribution is 0.589. The van der Waals surface area contributed by atoms with Crippen LogP contribution < -0.4 is 26.2 Å². The van der Waals surface area contributed by atoms with E-state index in [-0.39, 0.29) is 39.2 Å². The first kappa shape index (κ1) is 94.4. The SMILES string of the molecule is CC(C)(C)c1ccc(-c2cc(C(C)(C)C)cc(-c3ccc(C(C)(C)C)cc3)c2N2c3cc(-n4c5ccccc5c5c6c(ccc54)-c4ccccc4C6(c4ccccc4)c4ccccc4)ccc3B3c4ccc(-n5c6ccccc6c6c7c(ccc65)-c5ccccc5C7(c5ccccc5)c5ccccc5)cc4N(c4c(-c5ccc(C(C)(C)C)cc5)cc(C(C)(C)C)cc4-c4ccc(C(C)(C)C)cc4)c4cc(C(C)(C)C)cc2c43)cc1. The van der Waals surface area contributed by atoms with Crippen LogP contribution in [0.1, 0.15) is 229 Å². The molecular weight excluding hydrogens is 1800 g/mol. The van der Waals surface area contributed by atoms with Crippen molar-refractivity contribution < 1.29 is 0 Å². The maximum absolute atomic E-state index is 2.83. The van der Waals surface area contributed by atoms with E-state index >= 15 is 0 Å². The molecule has 0 bridgehead atoms. The van der Waals surface area contributed by atoms with Gasteiger partial charge in [-0.2, -0.15) is 0 Å². The van der Waals surface area contributed by atoms with Crippen molar-refractivity contribution in [1.29, 1.82) is 0 Å². The highest BCUT2D eigenvalue weighted by atomic mass is 15.2. The molecular formula is C144H131BN4. The Kier molecular flexibility index (Phi) is 21.5. The first-order valence-corrected chi connectivity index (χ1v) is 53.8. The fourth-order valence-corrected chi connectivity index (χ4v) is 25.8. The van der Waals surface area contributed by atoms with Crippen LogP contribution in [0.5, 0.6) is 0 Å². The highest BCUT2D eigenvalue weighted by Gasteiger charge is 2.53. The van der Waals surface area contributed by atoms with Crippen molar-refractivity contribution in [2.75, 3.05) is 9.80 Å². The molecule has 4 nitrogen and oxygen atoms in total. The van der Waals surface area contributed by atoms with Gasteiger partial charge in [0, 0.05) is 77.9 Å². The Balaban J connectivity index is 0.854. The first-order valence-electron chi connectivity index (χ1n) is 53.8. The molecule has 0 N–H and O–H groups in total. The van der Waals surface area contributed by atoms with E-state index in [9.17, 15) is 0 Å². The summed E-state index contributed by atoms with van der Waals surface area (Å²) in [6, 6.07) is 162. The normalized spacial score (nSPS) is 14.1. The molecule has 4 heterocycles. The van der Waals surface area contributed by atoms with Crippen molar-refractivity contribution in [3.63, 3.8) is 0 Å². The Labute approximate surface area is 881 Å². The summed E-state index contributed by atoms with van der Waals surface area (Å²) >= 11 is 0. The lowest BCUT2D eigenvalue weighted by atomic mass is 9.33. The van der Waals surface area contributed by atoms with Crippen molar-refractivity contribution in [2.24, 2.45) is 0 Å². The molecule has 0 atom stereocenters. The van der Waals surface area contributed by atoms with Crippen molar-refractivity contribution >= 4 is 101 Å². The van der Waals surface area contributed by atoms with E-state index in [0.717, 1.165) is 112 Å². The Bertz CT molecular complexity index is 8220. The summed E-state index contributed by atoms with van der Waals surface area (Å²) in [5, 5.41) is 4.89. The van der Waals surface area contributed by atoms with E-state index < -0.39 is 16.2 Å². The Morgan fingerprint density at radius 1 is 0.201 bits per heavy atom. The summed E-state index contributed by atoms with van der Waals surface area (Å²) in [6.45, 7) is 49.5. The minimum atomic E-state index is -0.694. The van der Waals surface area contributed by atoms with Crippen LogP contribution in [-0.2, 0) is 48.7 Å². The van der Waals surface area contributed by atoms with Gasteiger partial charge in [0.1, 0.15) is 0 Å². The van der Waals surface area contributed by atoms with Gasteiger partial charge in [-0.1, -0.05) is 473 Å². The van der Waals surface area contributed by atoms with Gasteiger partial charge in [-0.25, -0.2) is 0 Å². The highest BCUT2D eigenvalue weighted by molar-refractivity contribution is 7.00. The highest BCUT2D eigenvalue weighted by Crippen LogP contribution is 2.64. The lowest BCUT2D eigenvalue weighted by Crippen LogP contribution is -2.61. The van der Waals surface area contributed by atoms with Crippen LogP contribution in [0.3, 0.4) is 0 Å². The molecule has 4 aliphatic rings. The Morgan fingerprint density at radius 3 is 0.765 bits per heavy atom. The standard InChI is InChI=1S/C144H131BN4/c1-136(2,3)94-66-58-90(59-67-94)113-82-102(140(13,14)15)83-114(91-60-68-95(69-61-91)137(4,5)6)134(113)148-125-88-105(146-121-56-40-36-52-111(121)129-123(146)80-76-109-107-50-34-38-54-117(107)143(131(109)129,98-42-26-22-27-43-98)99-44-28-23-29-45-99)74-78-119(125)145-120-79-75-106(147-122-57-41-37-53-112(122)130-124(147)81-77-110-108-51-35-39-55-118(108)144(132(110)130,100-46-30-24-31-47-100)101-48-32-25-33-49-101)89-126(120)149(128-87-104(142(19,20)21)86-127(148)133(128)145)135-115(92-62-70-96(71-63-92)138(7,8)9)84-103(141(16,17)18)85-116(135)93-64-72-97(73-65-93)139(10,11)12/h22-89H,1-21H3. The minimum Gasteiger partial charge on any atom is -0.310 e. The van der Waals surface area contributed by atoms with Gasteiger partial charge in [0.25, 0.3) is 6.71 Å². The molecule has 0 unspecified atom stereocenters. The second-order valence-electron chi connectivity index (χ2n) is 49.9. The third-order valence-electron chi connectivity index (χ3n) is 33.6. The fourth-order valence-electron chi connectivity index (χ4n) is 25.8. The number of hydrogen-bond donors (Lipinski definition) is 0. The predicted molar refractivity (Wildman–Crippen MR) is 636 cm³/mol. The molecule has 2 aliphatic heterocycles. The molecule has 25 rings (SSSR count). The van der Waals surface area contributed by atoms with Gasteiger partial charge in [0.15, 0.2) is 0 Å². The molecule has 0 spiro atoms. The number of aromatic nitrogens is 2. The molecule has 0 radical (unpaired) electrons. The third-order valence-corrected chi connectivity index (χ3v) is 33.6. The summed E-state index contributed by atoms with van der Waals surface area (Å²) in [5.74, 6) is 0. The van der Waals surface area contributed by atoms with Crippen LogP contribution in [0.4, 0.5) is 34.1 Å². The van der Waals surface area contributed by atoms with E-state index in [1.165, 1.54) is 144 Å². The van der Waals surface area contributed by atoms with E-state index in [1.807, 2.05) is 0 Å². The summed E-state index contributed by atoms with van der Waals surface area (Å²) < 4.78 is 5.28. The van der Waals surface area contributed by atoms with Crippen LogP contribution in [-0.4, -0.2) is 15.8 Å². The van der Waals surface area contributed by atoms with Crippen LogP contribution in [0.25, 0.3) is 122 Å². The Hall–Kier alpha value is -15.6. The second kappa shape index (κ2) is 34.0. The van der Waals surface area contributed by atoms with E-state index in [2.05, 4.69) is 577 Å². The molecule has 2 aliphatic carbocycles. The van der Waals surface area contributed by atoms with Crippen LogP contribution in [0.15, 0.2) is 413 Å². The molecule has 0 amide bonds. The van der Waals surface area contributed by atoms with Crippen molar-refractivity contribution in [3.8, 4) is 78.1 Å². The zero-order valence-electron chi connectivity index (χ0n) is 90.1. The number of para-hydroxylation sites is 2. The molecule has 149 heavy (non-hydrogen) atoms. The summed E-state index contributed by atoms with van der Waals surface area (Å²) in [7, 11) is 0. The number of benzene rings is 19. The fraction of sp³-hybridized carbons (Fsp3) is 0.208. The maximum atomic E-state index is 2.83.